The predicted octanol–water partition coefficient (Wildman–Crippen LogP) is 1.43. The predicted molar refractivity (Wildman–Crippen MR) is 79.3 cm³/mol. The molecule has 2 aromatic rings. The number of benzene rings is 2. The molecule has 0 bridgehead atoms. The van der Waals surface area contributed by atoms with Crippen LogP contribution in [0.4, 0.5) is 5.69 Å². The first-order valence-electron chi connectivity index (χ1n) is 6.03. The molecule has 7 heteroatoms. The molecule has 0 aliphatic rings. The van der Waals surface area contributed by atoms with Crippen molar-refractivity contribution < 1.29 is 18.3 Å². The van der Waals surface area contributed by atoms with Gasteiger partial charge in [0, 0.05) is 11.3 Å². The number of anilines is 1. The van der Waals surface area contributed by atoms with Gasteiger partial charge >= 0.3 is 0 Å². The summed E-state index contributed by atoms with van der Waals surface area (Å²) in [5.74, 6) is -0.621. The Hall–Kier alpha value is -2.38. The first-order valence-corrected chi connectivity index (χ1v) is 7.75. The highest BCUT2D eigenvalue weighted by atomic mass is 32.2. The molecule has 0 saturated heterocycles. The van der Waals surface area contributed by atoms with E-state index in [9.17, 15) is 18.3 Å². The smallest absolute Gasteiger partial charge is 0.255 e. The lowest BCUT2D eigenvalue weighted by Crippen LogP contribution is -2.14. The average Bonchev–Trinajstić information content (AvgIpc) is 2.39. The molecule has 0 unspecified atom stereocenters. The van der Waals surface area contributed by atoms with Crippen molar-refractivity contribution in [1.29, 1.82) is 0 Å². The zero-order valence-corrected chi connectivity index (χ0v) is 11.8. The van der Waals surface area contributed by atoms with Gasteiger partial charge in [0.05, 0.1) is 5.75 Å². The summed E-state index contributed by atoms with van der Waals surface area (Å²) < 4.78 is 21.9. The summed E-state index contributed by atoms with van der Waals surface area (Å²) in [6, 6.07) is 12.3. The Bertz CT molecular complexity index is 755. The maximum absolute atomic E-state index is 11.9. The summed E-state index contributed by atoms with van der Waals surface area (Å²) in [7, 11) is -3.58. The summed E-state index contributed by atoms with van der Waals surface area (Å²) in [4.78, 5) is 11.9. The quantitative estimate of drug-likeness (QED) is 0.793. The minimum atomic E-state index is -3.58. The van der Waals surface area contributed by atoms with Crippen molar-refractivity contribution in [2.24, 2.45) is 5.14 Å². The fraction of sp³-hybridized carbons (Fsp3) is 0.0714. The van der Waals surface area contributed by atoms with Crippen molar-refractivity contribution in [2.45, 2.75) is 5.75 Å². The number of rotatable bonds is 4. The van der Waals surface area contributed by atoms with E-state index >= 15 is 0 Å². The van der Waals surface area contributed by atoms with Gasteiger partial charge in [0.25, 0.3) is 5.91 Å². The van der Waals surface area contributed by atoms with E-state index in [2.05, 4.69) is 5.32 Å². The topological polar surface area (TPSA) is 109 Å². The molecule has 0 aliphatic heterocycles. The highest BCUT2D eigenvalue weighted by Gasteiger charge is 2.08. The molecule has 0 spiro atoms. The van der Waals surface area contributed by atoms with E-state index < -0.39 is 10.0 Å². The van der Waals surface area contributed by atoms with E-state index in [-0.39, 0.29) is 17.4 Å². The van der Waals surface area contributed by atoms with Gasteiger partial charge in [0.15, 0.2) is 0 Å². The van der Waals surface area contributed by atoms with Gasteiger partial charge in [-0.1, -0.05) is 18.2 Å². The van der Waals surface area contributed by atoms with Crippen molar-refractivity contribution >= 4 is 21.6 Å². The summed E-state index contributed by atoms with van der Waals surface area (Å²) in [6.07, 6.45) is 0. The first kappa shape index (κ1) is 15.0. The first-order chi connectivity index (χ1) is 9.83. The normalized spacial score (nSPS) is 11.1. The lowest BCUT2D eigenvalue weighted by atomic mass is 10.2. The van der Waals surface area contributed by atoms with Crippen LogP contribution in [0.15, 0.2) is 48.5 Å². The lowest BCUT2D eigenvalue weighted by Gasteiger charge is -2.06. The van der Waals surface area contributed by atoms with Crippen LogP contribution in [0, 0.1) is 0 Å². The maximum atomic E-state index is 11.9. The third-order valence-corrected chi connectivity index (χ3v) is 3.42. The van der Waals surface area contributed by atoms with E-state index in [1.54, 1.807) is 36.4 Å². The minimum Gasteiger partial charge on any atom is -0.508 e. The number of carbonyl (C=O) groups is 1. The molecule has 2 rings (SSSR count). The average molecular weight is 306 g/mol. The van der Waals surface area contributed by atoms with E-state index in [0.29, 0.717) is 16.8 Å². The van der Waals surface area contributed by atoms with E-state index in [4.69, 9.17) is 5.14 Å². The Morgan fingerprint density at radius 1 is 1.14 bits per heavy atom. The van der Waals surface area contributed by atoms with Crippen LogP contribution < -0.4 is 10.5 Å². The Morgan fingerprint density at radius 2 is 1.81 bits per heavy atom. The summed E-state index contributed by atoms with van der Waals surface area (Å²) >= 11 is 0. The molecule has 21 heavy (non-hydrogen) atoms. The van der Waals surface area contributed by atoms with Gasteiger partial charge in [-0.2, -0.15) is 0 Å². The highest BCUT2D eigenvalue weighted by molar-refractivity contribution is 7.88. The SMILES string of the molecule is NS(=O)(=O)Cc1ccc(NC(=O)c2cccc(O)c2)cc1. The standard InChI is InChI=1S/C14H14N2O4S/c15-21(19,20)9-10-4-6-12(7-5-10)16-14(18)11-2-1-3-13(17)8-11/h1-8,17H,9H2,(H,16,18)(H2,15,19,20). The maximum Gasteiger partial charge on any atom is 0.255 e. The Morgan fingerprint density at radius 3 is 2.38 bits per heavy atom. The zero-order valence-electron chi connectivity index (χ0n) is 11.0. The number of nitrogens with two attached hydrogens (primary N) is 1. The van der Waals surface area contributed by atoms with Crippen LogP contribution in [0.25, 0.3) is 0 Å². The number of nitrogens with one attached hydrogen (secondary N) is 1. The van der Waals surface area contributed by atoms with Gasteiger partial charge in [-0.25, -0.2) is 13.6 Å². The van der Waals surface area contributed by atoms with E-state index in [1.165, 1.54) is 12.1 Å². The Labute approximate surface area is 122 Å². The second-order valence-corrected chi connectivity index (χ2v) is 6.12. The third kappa shape index (κ3) is 4.59. The molecule has 1 amide bonds. The fourth-order valence-corrected chi connectivity index (χ4v) is 2.42. The number of primary sulfonamides is 1. The van der Waals surface area contributed by atoms with Crippen LogP contribution in [-0.4, -0.2) is 19.4 Å². The molecule has 0 saturated carbocycles. The molecular formula is C14H14N2O4S. The van der Waals surface area contributed by atoms with Gasteiger partial charge in [-0.3, -0.25) is 4.79 Å². The summed E-state index contributed by atoms with van der Waals surface area (Å²) in [5, 5.41) is 16.9. The molecule has 2 aromatic carbocycles. The van der Waals surface area contributed by atoms with Gasteiger partial charge in [-0.15, -0.1) is 0 Å². The zero-order chi connectivity index (χ0) is 15.5. The van der Waals surface area contributed by atoms with Gasteiger partial charge in [0.1, 0.15) is 5.75 Å². The Kier molecular flexibility index (Phi) is 4.25. The highest BCUT2D eigenvalue weighted by Crippen LogP contribution is 2.15. The number of phenolic OH excluding ortho intramolecular Hbond substituents is 1. The van der Waals surface area contributed by atoms with Gasteiger partial charge < -0.3 is 10.4 Å². The van der Waals surface area contributed by atoms with Crippen LogP contribution in [0.1, 0.15) is 15.9 Å². The summed E-state index contributed by atoms with van der Waals surface area (Å²) in [6.45, 7) is 0. The van der Waals surface area contributed by atoms with Crippen molar-refractivity contribution in [3.05, 3.63) is 59.7 Å². The van der Waals surface area contributed by atoms with Crippen LogP contribution >= 0.6 is 0 Å². The molecule has 0 aliphatic carbocycles. The van der Waals surface area contributed by atoms with Crippen LogP contribution in [-0.2, 0) is 15.8 Å². The molecule has 0 fully saturated rings. The van der Waals surface area contributed by atoms with E-state index in [1.807, 2.05) is 0 Å². The number of hydrogen-bond donors (Lipinski definition) is 3. The molecule has 6 nitrogen and oxygen atoms in total. The molecule has 4 N–H and O–H groups in total. The number of sulfonamides is 1. The minimum absolute atomic E-state index is 0.00569. The second kappa shape index (κ2) is 5.94. The number of hydrogen-bond acceptors (Lipinski definition) is 4. The monoisotopic (exact) mass is 306 g/mol. The third-order valence-electron chi connectivity index (χ3n) is 2.69. The molecule has 0 atom stereocenters. The van der Waals surface area contributed by atoms with Crippen molar-refractivity contribution in [1.82, 2.24) is 0 Å². The fourth-order valence-electron chi connectivity index (χ4n) is 1.77. The molecule has 110 valence electrons. The van der Waals surface area contributed by atoms with Crippen molar-refractivity contribution in [2.75, 3.05) is 5.32 Å². The number of carbonyl (C=O) groups excluding carboxylic acids is 1. The van der Waals surface area contributed by atoms with Crippen molar-refractivity contribution in [3.8, 4) is 5.75 Å². The summed E-state index contributed by atoms with van der Waals surface area (Å²) in [5.41, 5.74) is 1.37. The van der Waals surface area contributed by atoms with Gasteiger partial charge in [-0.05, 0) is 35.9 Å². The van der Waals surface area contributed by atoms with E-state index in [0.717, 1.165) is 0 Å². The lowest BCUT2D eigenvalue weighted by molar-refractivity contribution is 0.102. The number of amides is 1. The van der Waals surface area contributed by atoms with Crippen LogP contribution in [0.3, 0.4) is 0 Å². The second-order valence-electron chi connectivity index (χ2n) is 4.51. The van der Waals surface area contributed by atoms with Crippen LogP contribution in [0.2, 0.25) is 0 Å². The molecule has 0 heterocycles. The number of phenols is 1. The van der Waals surface area contributed by atoms with Gasteiger partial charge in [0.2, 0.25) is 10.0 Å². The number of aromatic hydroxyl groups is 1. The molecular weight excluding hydrogens is 292 g/mol. The van der Waals surface area contributed by atoms with Crippen molar-refractivity contribution in [3.63, 3.8) is 0 Å². The van der Waals surface area contributed by atoms with Crippen LogP contribution in [0.5, 0.6) is 5.75 Å². The largest absolute Gasteiger partial charge is 0.508 e. The molecule has 0 aromatic heterocycles. The molecule has 0 radical (unpaired) electrons. The Balaban J connectivity index is 2.08.